The van der Waals surface area contributed by atoms with Crippen LogP contribution in [-0.4, -0.2) is 30.6 Å². The molecule has 0 radical (unpaired) electrons. The van der Waals surface area contributed by atoms with Gasteiger partial charge in [-0.1, -0.05) is 13.8 Å². The third-order valence-corrected chi connectivity index (χ3v) is 2.36. The molecule has 0 saturated heterocycles. The van der Waals surface area contributed by atoms with E-state index in [0.717, 1.165) is 0 Å². The highest BCUT2D eigenvalue weighted by Gasteiger charge is 2.10. The molecule has 7 heteroatoms. The summed E-state index contributed by atoms with van der Waals surface area (Å²) in [5.74, 6) is -0.159. The second-order valence-electron chi connectivity index (χ2n) is 4.11. The van der Waals surface area contributed by atoms with E-state index in [-0.39, 0.29) is 17.2 Å². The lowest BCUT2D eigenvalue weighted by atomic mass is 10.2. The number of nitrogens with zero attached hydrogens (tertiary/aromatic N) is 3. The van der Waals surface area contributed by atoms with E-state index in [1.54, 1.807) is 0 Å². The zero-order valence-electron chi connectivity index (χ0n) is 9.91. The largest absolute Gasteiger partial charge is 0.476 e. The first-order valence-electron chi connectivity index (χ1n) is 5.36. The molecule has 2 aromatic rings. The minimum absolute atomic E-state index is 0.0696. The van der Waals surface area contributed by atoms with Crippen LogP contribution in [0, 0.1) is 0 Å². The van der Waals surface area contributed by atoms with E-state index in [1.165, 1.54) is 23.2 Å². The fourth-order valence-corrected chi connectivity index (χ4v) is 1.43. The van der Waals surface area contributed by atoms with Crippen molar-refractivity contribution >= 4 is 5.97 Å². The number of carboxylic acids is 1. The number of aromatic carboxylic acids is 1. The molecule has 2 N–H and O–H groups in total. The van der Waals surface area contributed by atoms with Crippen LogP contribution in [0.3, 0.4) is 0 Å². The smallest absolute Gasteiger partial charge is 0.356 e. The normalized spacial score (nSPS) is 10.8. The molecule has 2 aromatic heterocycles. The lowest BCUT2D eigenvalue weighted by Crippen LogP contribution is -2.14. The van der Waals surface area contributed by atoms with E-state index < -0.39 is 5.97 Å². The van der Waals surface area contributed by atoms with Gasteiger partial charge in [0, 0.05) is 18.2 Å². The highest BCUT2D eigenvalue weighted by Crippen LogP contribution is 2.09. The van der Waals surface area contributed by atoms with Crippen LogP contribution in [0.25, 0.3) is 5.82 Å². The third kappa shape index (κ3) is 2.29. The summed E-state index contributed by atoms with van der Waals surface area (Å²) in [5.41, 5.74) is -0.377. The van der Waals surface area contributed by atoms with E-state index in [2.05, 4.69) is 15.0 Å². The van der Waals surface area contributed by atoms with Gasteiger partial charge in [-0.25, -0.2) is 14.8 Å². The molecule has 0 bridgehead atoms. The molecule has 94 valence electrons. The molecule has 0 aliphatic heterocycles. The Morgan fingerprint density at radius 2 is 2.22 bits per heavy atom. The number of hydrogen-bond donors (Lipinski definition) is 2. The molecule has 7 nitrogen and oxygen atoms in total. The van der Waals surface area contributed by atoms with Crippen LogP contribution in [-0.2, 0) is 0 Å². The summed E-state index contributed by atoms with van der Waals surface area (Å²) in [7, 11) is 0. The number of rotatable bonds is 3. The average molecular weight is 248 g/mol. The summed E-state index contributed by atoms with van der Waals surface area (Å²) in [6.45, 7) is 3.80. The SMILES string of the molecule is CC(C)c1nc(-n2cnc(C(=O)O)c2)cc(=O)[nH]1. The topological polar surface area (TPSA) is 101 Å². The van der Waals surface area contributed by atoms with E-state index in [0.29, 0.717) is 11.6 Å². The molecular formula is C11H12N4O3. The Morgan fingerprint density at radius 3 is 2.78 bits per heavy atom. The molecule has 2 rings (SSSR count). The van der Waals surface area contributed by atoms with E-state index >= 15 is 0 Å². The minimum Gasteiger partial charge on any atom is -0.476 e. The Balaban J connectivity index is 2.49. The number of hydrogen-bond acceptors (Lipinski definition) is 4. The molecule has 18 heavy (non-hydrogen) atoms. The van der Waals surface area contributed by atoms with Crippen molar-refractivity contribution in [2.45, 2.75) is 19.8 Å². The monoisotopic (exact) mass is 248 g/mol. The maximum absolute atomic E-state index is 11.5. The highest BCUT2D eigenvalue weighted by atomic mass is 16.4. The number of aromatic nitrogens is 4. The highest BCUT2D eigenvalue weighted by molar-refractivity contribution is 5.85. The van der Waals surface area contributed by atoms with Gasteiger partial charge in [0.15, 0.2) is 5.69 Å². The second-order valence-corrected chi connectivity index (χ2v) is 4.11. The summed E-state index contributed by atoms with van der Waals surface area (Å²) < 4.78 is 1.41. The van der Waals surface area contributed by atoms with Gasteiger partial charge in [0.25, 0.3) is 5.56 Å². The van der Waals surface area contributed by atoms with Gasteiger partial charge in [-0.15, -0.1) is 0 Å². The second kappa shape index (κ2) is 4.44. The Bertz CT molecular complexity index is 642. The zero-order chi connectivity index (χ0) is 13.3. The molecule has 0 aliphatic carbocycles. The Labute approximate surface area is 102 Å². The van der Waals surface area contributed by atoms with Crippen LogP contribution in [0.2, 0.25) is 0 Å². The van der Waals surface area contributed by atoms with Gasteiger partial charge in [0.1, 0.15) is 18.0 Å². The fourth-order valence-electron chi connectivity index (χ4n) is 1.43. The Hall–Kier alpha value is -2.44. The number of imidazole rings is 1. The number of carboxylic acid groups (broad SMARTS) is 1. The maximum atomic E-state index is 11.5. The van der Waals surface area contributed by atoms with Crippen LogP contribution >= 0.6 is 0 Å². The summed E-state index contributed by atoms with van der Waals surface area (Å²) in [6, 6.07) is 1.29. The predicted octanol–water partition coefficient (Wildman–Crippen LogP) is 0.777. The van der Waals surface area contributed by atoms with E-state index in [4.69, 9.17) is 5.11 Å². The van der Waals surface area contributed by atoms with Gasteiger partial charge in [-0.2, -0.15) is 0 Å². The fraction of sp³-hybridized carbons (Fsp3) is 0.273. The molecule has 0 amide bonds. The van der Waals surface area contributed by atoms with Gasteiger partial charge in [-0.05, 0) is 0 Å². The van der Waals surface area contributed by atoms with Gasteiger partial charge < -0.3 is 10.1 Å². The number of aromatic amines is 1. The summed E-state index contributed by atoms with van der Waals surface area (Å²) in [5, 5.41) is 8.78. The van der Waals surface area contributed by atoms with Crippen molar-refractivity contribution in [1.29, 1.82) is 0 Å². The summed E-state index contributed by atoms with van der Waals surface area (Å²) in [4.78, 5) is 32.8. The van der Waals surface area contributed by atoms with E-state index in [1.807, 2.05) is 13.8 Å². The van der Waals surface area contributed by atoms with Gasteiger partial charge >= 0.3 is 5.97 Å². The average Bonchev–Trinajstić information content (AvgIpc) is 2.77. The quantitative estimate of drug-likeness (QED) is 0.835. The molecule has 0 unspecified atom stereocenters. The van der Waals surface area contributed by atoms with Gasteiger partial charge in [0.2, 0.25) is 0 Å². The maximum Gasteiger partial charge on any atom is 0.356 e. The zero-order valence-corrected chi connectivity index (χ0v) is 9.91. The molecular weight excluding hydrogens is 236 g/mol. The standard InChI is InChI=1S/C11H12N4O3/c1-6(2)10-13-8(3-9(16)14-10)15-4-7(11(17)18)12-5-15/h3-6H,1-2H3,(H,17,18)(H,13,14,16). The van der Waals surface area contributed by atoms with Crippen LogP contribution in [0.1, 0.15) is 36.1 Å². The van der Waals surface area contributed by atoms with Crippen molar-refractivity contribution in [3.05, 3.63) is 40.5 Å². The van der Waals surface area contributed by atoms with Gasteiger partial charge in [0.05, 0.1) is 0 Å². The Morgan fingerprint density at radius 1 is 1.50 bits per heavy atom. The molecule has 0 saturated carbocycles. The minimum atomic E-state index is -1.12. The molecule has 0 atom stereocenters. The molecule has 0 aliphatic rings. The van der Waals surface area contributed by atoms with Crippen molar-refractivity contribution < 1.29 is 9.90 Å². The number of H-pyrrole nitrogens is 1. The van der Waals surface area contributed by atoms with Crippen LogP contribution < -0.4 is 5.56 Å². The van der Waals surface area contributed by atoms with E-state index in [9.17, 15) is 9.59 Å². The van der Waals surface area contributed by atoms with Crippen molar-refractivity contribution in [3.8, 4) is 5.82 Å². The molecule has 2 heterocycles. The van der Waals surface area contributed by atoms with Crippen LogP contribution in [0.4, 0.5) is 0 Å². The lowest BCUT2D eigenvalue weighted by molar-refractivity contribution is 0.0691. The van der Waals surface area contributed by atoms with Crippen molar-refractivity contribution in [2.24, 2.45) is 0 Å². The van der Waals surface area contributed by atoms with Crippen molar-refractivity contribution in [2.75, 3.05) is 0 Å². The summed E-state index contributed by atoms with van der Waals surface area (Å²) in [6.07, 6.45) is 2.63. The Kier molecular flexibility index (Phi) is 2.97. The first-order valence-corrected chi connectivity index (χ1v) is 5.36. The molecule has 0 fully saturated rings. The summed E-state index contributed by atoms with van der Waals surface area (Å²) >= 11 is 0. The number of nitrogens with one attached hydrogen (secondary N) is 1. The van der Waals surface area contributed by atoms with Gasteiger partial charge in [-0.3, -0.25) is 9.36 Å². The predicted molar refractivity (Wildman–Crippen MR) is 63.0 cm³/mol. The van der Waals surface area contributed by atoms with Crippen LogP contribution in [0.15, 0.2) is 23.4 Å². The first-order chi connectivity index (χ1) is 8.47. The molecule has 0 spiro atoms. The molecule has 0 aromatic carbocycles. The van der Waals surface area contributed by atoms with Crippen molar-refractivity contribution in [3.63, 3.8) is 0 Å². The van der Waals surface area contributed by atoms with Crippen LogP contribution in [0.5, 0.6) is 0 Å². The third-order valence-electron chi connectivity index (χ3n) is 2.36. The van der Waals surface area contributed by atoms with Crippen molar-refractivity contribution in [1.82, 2.24) is 19.5 Å². The first kappa shape index (κ1) is 12.0. The lowest BCUT2D eigenvalue weighted by Gasteiger charge is -2.06. The number of carbonyl (C=O) groups is 1.